The molecule has 2 saturated heterocycles. The molecule has 2 aliphatic heterocycles. The number of rotatable bonds is 6. The van der Waals surface area contributed by atoms with Crippen LogP contribution in [0.1, 0.15) is 24.8 Å². The van der Waals surface area contributed by atoms with E-state index in [1.807, 2.05) is 58.3 Å². The van der Waals surface area contributed by atoms with Crippen LogP contribution in [0.3, 0.4) is 0 Å². The highest BCUT2D eigenvalue weighted by molar-refractivity contribution is 5.80. The quantitative estimate of drug-likeness (QED) is 0.545. The first-order valence-electron chi connectivity index (χ1n) is 12.4. The lowest BCUT2D eigenvalue weighted by Crippen LogP contribution is -2.52. The molecule has 1 aromatic heterocycles. The van der Waals surface area contributed by atoms with Crippen molar-refractivity contribution < 1.29 is 9.59 Å². The average Bonchev–Trinajstić information content (AvgIpc) is 3.43. The first-order valence-corrected chi connectivity index (χ1v) is 12.4. The van der Waals surface area contributed by atoms with E-state index in [1.54, 1.807) is 4.68 Å². The van der Waals surface area contributed by atoms with Crippen LogP contribution >= 0.6 is 0 Å². The summed E-state index contributed by atoms with van der Waals surface area (Å²) in [5, 5.41) is 12.2. The van der Waals surface area contributed by atoms with E-state index in [9.17, 15) is 9.59 Å². The molecular weight excluding hydrogens is 442 g/mol. The van der Waals surface area contributed by atoms with E-state index in [4.69, 9.17) is 0 Å². The number of piperidine rings is 1. The maximum Gasteiger partial charge on any atom is 0.250 e. The second kappa shape index (κ2) is 10.7. The van der Waals surface area contributed by atoms with Gasteiger partial charge in [0.1, 0.15) is 0 Å². The summed E-state index contributed by atoms with van der Waals surface area (Å²) in [6, 6.07) is 19.9. The lowest BCUT2D eigenvalue weighted by molar-refractivity contribution is -0.141. The second-order valence-electron chi connectivity index (χ2n) is 9.18. The maximum absolute atomic E-state index is 13.2. The average molecular weight is 474 g/mol. The third-order valence-corrected chi connectivity index (χ3v) is 7.00. The molecule has 5 rings (SSSR count). The monoisotopic (exact) mass is 473 g/mol. The lowest BCUT2D eigenvalue weighted by atomic mass is 9.94. The Kier molecular flexibility index (Phi) is 7.02. The van der Waals surface area contributed by atoms with E-state index in [0.717, 1.165) is 24.9 Å². The topological polar surface area (TPSA) is 87.5 Å². The Labute approximate surface area is 205 Å². The molecule has 2 amide bonds. The summed E-state index contributed by atoms with van der Waals surface area (Å²) in [5.74, 6) is 1.09. The number of hydrogen-bond donors (Lipinski definition) is 0. The fourth-order valence-corrected chi connectivity index (χ4v) is 4.93. The summed E-state index contributed by atoms with van der Waals surface area (Å²) in [7, 11) is 0. The maximum atomic E-state index is 13.2. The summed E-state index contributed by atoms with van der Waals surface area (Å²) >= 11 is 0. The fraction of sp³-hybridized carbons (Fsp3) is 0.423. The molecule has 9 heteroatoms. The smallest absolute Gasteiger partial charge is 0.250 e. The highest BCUT2D eigenvalue weighted by Gasteiger charge is 2.32. The Morgan fingerprint density at radius 2 is 1.46 bits per heavy atom. The van der Waals surface area contributed by atoms with Crippen molar-refractivity contribution in [1.82, 2.24) is 30.0 Å². The molecule has 0 bridgehead atoms. The number of carbonyl (C=O) groups is 2. The normalized spacial score (nSPS) is 17.0. The number of benzene rings is 2. The van der Waals surface area contributed by atoms with Crippen LogP contribution in [-0.2, 0) is 16.0 Å². The van der Waals surface area contributed by atoms with E-state index in [2.05, 4.69) is 32.6 Å². The van der Waals surface area contributed by atoms with Crippen LogP contribution in [0.25, 0.3) is 5.69 Å². The van der Waals surface area contributed by atoms with Crippen LogP contribution in [0.15, 0.2) is 60.7 Å². The first kappa shape index (κ1) is 23.0. The van der Waals surface area contributed by atoms with Gasteiger partial charge in [0.25, 0.3) is 0 Å². The van der Waals surface area contributed by atoms with Crippen molar-refractivity contribution in [3.8, 4) is 5.69 Å². The largest absolute Gasteiger partial charge is 0.343 e. The van der Waals surface area contributed by atoms with Crippen LogP contribution in [0.4, 0.5) is 5.95 Å². The first-order chi connectivity index (χ1) is 17.2. The van der Waals surface area contributed by atoms with E-state index < -0.39 is 0 Å². The van der Waals surface area contributed by atoms with Crippen molar-refractivity contribution in [3.63, 3.8) is 0 Å². The van der Waals surface area contributed by atoms with Gasteiger partial charge in [-0.15, -0.1) is 0 Å². The number of aryl methyl sites for hydroxylation is 1. The Hall–Kier alpha value is -3.75. The molecule has 2 fully saturated rings. The molecule has 0 atom stereocenters. The Bertz CT molecular complexity index is 1120. The van der Waals surface area contributed by atoms with Gasteiger partial charge in [0.15, 0.2) is 0 Å². The molecule has 0 aliphatic carbocycles. The molecular formula is C26H31N7O2. The minimum absolute atomic E-state index is 0.00522. The molecule has 3 aromatic rings. The molecule has 182 valence electrons. The molecule has 35 heavy (non-hydrogen) atoms. The molecule has 0 radical (unpaired) electrons. The Balaban J connectivity index is 1.09. The van der Waals surface area contributed by atoms with Gasteiger partial charge >= 0.3 is 0 Å². The number of para-hydroxylation sites is 1. The van der Waals surface area contributed by atoms with E-state index in [1.165, 1.54) is 5.56 Å². The minimum Gasteiger partial charge on any atom is -0.343 e. The fourth-order valence-electron chi connectivity index (χ4n) is 4.93. The van der Waals surface area contributed by atoms with Crippen molar-refractivity contribution >= 4 is 17.8 Å². The summed E-state index contributed by atoms with van der Waals surface area (Å²) in [5.41, 5.74) is 2.10. The van der Waals surface area contributed by atoms with E-state index >= 15 is 0 Å². The third kappa shape index (κ3) is 5.34. The highest BCUT2D eigenvalue weighted by Crippen LogP contribution is 2.23. The van der Waals surface area contributed by atoms with Crippen LogP contribution < -0.4 is 4.90 Å². The SMILES string of the molecule is O=C(CCc1ccccc1)N1CCC(C(=O)N2CCN(c3nnnn3-c3ccccc3)CC2)CC1. The number of piperazine rings is 1. The van der Waals surface area contributed by atoms with E-state index in [0.29, 0.717) is 51.6 Å². The predicted molar refractivity (Wildman–Crippen MR) is 132 cm³/mol. The van der Waals surface area contributed by atoms with Gasteiger partial charge in [0, 0.05) is 51.6 Å². The van der Waals surface area contributed by atoms with Crippen molar-refractivity contribution in [2.45, 2.75) is 25.7 Å². The molecule has 0 spiro atoms. The summed E-state index contributed by atoms with van der Waals surface area (Å²) < 4.78 is 1.74. The predicted octanol–water partition coefficient (Wildman–Crippen LogP) is 2.18. The van der Waals surface area contributed by atoms with Crippen LogP contribution in [0.5, 0.6) is 0 Å². The molecule has 3 heterocycles. The number of carbonyl (C=O) groups excluding carboxylic acids is 2. The van der Waals surface area contributed by atoms with Crippen molar-refractivity contribution in [2.24, 2.45) is 5.92 Å². The number of amides is 2. The summed E-state index contributed by atoms with van der Waals surface area (Å²) in [6.45, 7) is 4.00. The second-order valence-corrected chi connectivity index (χ2v) is 9.18. The van der Waals surface area contributed by atoms with Crippen LogP contribution in [0, 0.1) is 5.92 Å². The van der Waals surface area contributed by atoms with Gasteiger partial charge in [-0.3, -0.25) is 9.59 Å². The highest BCUT2D eigenvalue weighted by atomic mass is 16.2. The van der Waals surface area contributed by atoms with Crippen molar-refractivity contribution in [3.05, 3.63) is 66.2 Å². The molecule has 2 aromatic carbocycles. The number of tetrazole rings is 1. The number of nitrogens with zero attached hydrogens (tertiary/aromatic N) is 7. The van der Waals surface area contributed by atoms with Gasteiger partial charge in [-0.1, -0.05) is 53.6 Å². The molecule has 9 nitrogen and oxygen atoms in total. The molecule has 0 unspecified atom stereocenters. The van der Waals surface area contributed by atoms with Gasteiger partial charge in [-0.05, 0) is 47.4 Å². The Morgan fingerprint density at radius 3 is 2.14 bits per heavy atom. The van der Waals surface area contributed by atoms with Gasteiger partial charge in [-0.25, -0.2) is 0 Å². The van der Waals surface area contributed by atoms with Crippen LogP contribution in [0.2, 0.25) is 0 Å². The Morgan fingerprint density at radius 1 is 0.800 bits per heavy atom. The summed E-state index contributed by atoms with van der Waals surface area (Å²) in [4.78, 5) is 31.8. The van der Waals surface area contributed by atoms with Crippen molar-refractivity contribution in [2.75, 3.05) is 44.2 Å². The lowest BCUT2D eigenvalue weighted by Gasteiger charge is -2.38. The third-order valence-electron chi connectivity index (χ3n) is 7.00. The molecule has 2 aliphatic rings. The van der Waals surface area contributed by atoms with E-state index in [-0.39, 0.29) is 17.7 Å². The zero-order valence-corrected chi connectivity index (χ0v) is 19.9. The number of likely N-dealkylation sites (tertiary alicyclic amines) is 1. The number of aromatic nitrogens is 4. The van der Waals surface area contributed by atoms with Gasteiger partial charge in [0.2, 0.25) is 17.8 Å². The number of anilines is 1. The number of hydrogen-bond acceptors (Lipinski definition) is 6. The van der Waals surface area contributed by atoms with Gasteiger partial charge in [-0.2, -0.15) is 4.68 Å². The summed E-state index contributed by atoms with van der Waals surface area (Å²) in [6.07, 6.45) is 2.76. The van der Waals surface area contributed by atoms with Crippen LogP contribution in [-0.4, -0.2) is 81.1 Å². The zero-order valence-electron chi connectivity index (χ0n) is 19.9. The van der Waals surface area contributed by atoms with Gasteiger partial charge in [0.05, 0.1) is 5.69 Å². The molecule has 0 saturated carbocycles. The minimum atomic E-state index is -0.00522. The van der Waals surface area contributed by atoms with Crippen molar-refractivity contribution in [1.29, 1.82) is 0 Å². The standard InChI is InChI=1S/C26H31N7O2/c34-24(12-11-21-7-3-1-4-8-21)30-15-13-22(14-16-30)25(35)31-17-19-32(20-18-31)26-27-28-29-33(26)23-9-5-2-6-10-23/h1-10,22H,11-20H2. The molecule has 0 N–H and O–H groups in total. The zero-order chi connectivity index (χ0) is 24.0. The van der Waals surface area contributed by atoms with Gasteiger partial charge < -0.3 is 14.7 Å².